The van der Waals surface area contributed by atoms with Crippen LogP contribution < -0.4 is 5.73 Å². The molecule has 14 heavy (non-hydrogen) atoms. The predicted molar refractivity (Wildman–Crippen MR) is 50.8 cm³/mol. The van der Waals surface area contributed by atoms with Crippen molar-refractivity contribution < 1.29 is 19.8 Å². The normalized spacial score (nSPS) is 10.0. The van der Waals surface area contributed by atoms with Crippen molar-refractivity contribution in [2.45, 2.75) is 20.3 Å². The number of hydrogen-bond donors (Lipinski definition) is 3. The van der Waals surface area contributed by atoms with Crippen molar-refractivity contribution in [1.82, 2.24) is 0 Å². The van der Waals surface area contributed by atoms with E-state index >= 15 is 0 Å². The molecule has 5 heteroatoms. The van der Waals surface area contributed by atoms with Gasteiger partial charge in [-0.2, -0.15) is 0 Å². The molecule has 0 radical (unpaired) electrons. The van der Waals surface area contributed by atoms with Crippen molar-refractivity contribution >= 4 is 11.9 Å². The topological polar surface area (TPSA) is 101 Å². The van der Waals surface area contributed by atoms with Crippen LogP contribution in [0, 0.1) is 5.92 Å². The number of rotatable bonds is 5. The van der Waals surface area contributed by atoms with E-state index in [0.29, 0.717) is 6.42 Å². The molecule has 0 spiro atoms. The number of carbonyl (C=O) groups is 2. The van der Waals surface area contributed by atoms with Crippen molar-refractivity contribution in [3.8, 4) is 0 Å². The Morgan fingerprint density at radius 2 is 1.64 bits per heavy atom. The molecule has 0 saturated carbocycles. The summed E-state index contributed by atoms with van der Waals surface area (Å²) in [4.78, 5) is 21.3. The van der Waals surface area contributed by atoms with E-state index in [1.807, 2.05) is 13.8 Å². The molecule has 0 aliphatic carbocycles. The van der Waals surface area contributed by atoms with Gasteiger partial charge in [-0.05, 0) is 17.9 Å². The molecule has 0 aliphatic rings. The van der Waals surface area contributed by atoms with Gasteiger partial charge >= 0.3 is 11.9 Å². The second-order valence-electron chi connectivity index (χ2n) is 3.39. The zero-order valence-electron chi connectivity index (χ0n) is 8.28. The molecule has 5 nitrogen and oxygen atoms in total. The summed E-state index contributed by atoms with van der Waals surface area (Å²) in [5, 5.41) is 17.3. The first-order valence-corrected chi connectivity index (χ1v) is 4.28. The Bertz CT molecular complexity index is 252. The fourth-order valence-electron chi connectivity index (χ4n) is 1.17. The minimum Gasteiger partial charge on any atom is -0.477 e. The third-order valence-electron chi connectivity index (χ3n) is 1.68. The first kappa shape index (κ1) is 12.6. The van der Waals surface area contributed by atoms with Crippen LogP contribution in [-0.4, -0.2) is 28.7 Å². The second-order valence-corrected chi connectivity index (χ2v) is 3.39. The van der Waals surface area contributed by atoms with Crippen LogP contribution in [0.1, 0.15) is 20.3 Å². The number of hydrogen-bond acceptors (Lipinski definition) is 3. The average molecular weight is 205 g/mol. The molecule has 0 aromatic rings. The van der Waals surface area contributed by atoms with Gasteiger partial charge in [0.15, 0.2) is 0 Å². The average Bonchev–Trinajstić information content (AvgIpc) is 2.00. The summed E-state index contributed by atoms with van der Waals surface area (Å²) in [6.45, 7) is 3.71. The van der Waals surface area contributed by atoms with Gasteiger partial charge in [-0.3, -0.25) is 0 Å². The molecule has 0 saturated heterocycles. The molecule has 0 aromatic heterocycles. The van der Waals surface area contributed by atoms with Gasteiger partial charge in [0, 0.05) is 6.54 Å². The highest BCUT2D eigenvalue weighted by molar-refractivity contribution is 6.13. The van der Waals surface area contributed by atoms with E-state index in [1.54, 1.807) is 0 Å². The summed E-state index contributed by atoms with van der Waals surface area (Å²) in [5.41, 5.74) is 4.99. The lowest BCUT2D eigenvalue weighted by atomic mass is 10.1. The minimum absolute atomic E-state index is 0.0356. The Labute approximate surface area is 82.2 Å². The van der Waals surface area contributed by atoms with Gasteiger partial charge in [0.2, 0.25) is 0 Å². The van der Waals surface area contributed by atoms with Crippen molar-refractivity contribution in [3.63, 3.8) is 0 Å². The number of nitrogens with two attached hydrogens (primary N) is 1. The van der Waals surface area contributed by atoms with Gasteiger partial charge in [-0.15, -0.1) is 0 Å². The lowest BCUT2D eigenvalue weighted by molar-refractivity contribution is -0.140. The van der Waals surface area contributed by atoms with Gasteiger partial charge < -0.3 is 15.9 Å². The zero-order valence-corrected chi connectivity index (χ0v) is 8.28. The summed E-state index contributed by atoms with van der Waals surface area (Å²) in [6, 6.07) is 0. The summed E-state index contributed by atoms with van der Waals surface area (Å²) in [5.74, 6) is -2.68. The van der Waals surface area contributed by atoms with Crippen molar-refractivity contribution in [2.75, 3.05) is 6.54 Å². The molecule has 80 valence electrons. The van der Waals surface area contributed by atoms with Gasteiger partial charge in [0.1, 0.15) is 5.57 Å². The SMILES string of the molecule is CC(C)CC([13CH2]N)=[13C]([13C](=O)O)[13C](=O)O. The minimum atomic E-state index is -1.43. The molecule has 0 amide bonds. The van der Waals surface area contributed by atoms with Crippen LogP contribution >= 0.6 is 0 Å². The Hall–Kier alpha value is -1.36. The first-order chi connectivity index (χ1) is 6.40. The van der Waals surface area contributed by atoms with Crippen LogP contribution in [0.4, 0.5) is 0 Å². The van der Waals surface area contributed by atoms with Crippen LogP contribution in [-0.2, 0) is 9.59 Å². The van der Waals surface area contributed by atoms with Crippen molar-refractivity contribution in [1.29, 1.82) is 0 Å². The smallest absolute Gasteiger partial charge is 0.343 e. The van der Waals surface area contributed by atoms with Crippen LogP contribution in [0.5, 0.6) is 0 Å². The van der Waals surface area contributed by atoms with Gasteiger partial charge in [-0.1, -0.05) is 13.8 Å². The molecular weight excluding hydrogens is 190 g/mol. The van der Waals surface area contributed by atoms with E-state index < -0.39 is 17.5 Å². The molecule has 0 bridgehead atoms. The molecule has 0 unspecified atom stereocenters. The van der Waals surface area contributed by atoms with E-state index in [4.69, 9.17) is 15.9 Å². The first-order valence-electron chi connectivity index (χ1n) is 4.28. The Morgan fingerprint density at radius 1 is 1.21 bits per heavy atom. The maximum Gasteiger partial charge on any atom is 0.343 e. The number of aliphatic carboxylic acids is 2. The molecule has 0 aliphatic heterocycles. The fourth-order valence-corrected chi connectivity index (χ4v) is 1.17. The zero-order chi connectivity index (χ0) is 11.3. The van der Waals surface area contributed by atoms with Gasteiger partial charge in [0.25, 0.3) is 0 Å². The largest absolute Gasteiger partial charge is 0.477 e. The molecule has 4 N–H and O–H groups in total. The Kier molecular flexibility index (Phi) is 4.86. The molecule has 0 atom stereocenters. The summed E-state index contributed by atoms with van der Waals surface area (Å²) >= 11 is 0. The Balaban J connectivity index is 5.09. The summed E-state index contributed by atoms with van der Waals surface area (Å²) < 4.78 is 0. The monoisotopic (exact) mass is 205 g/mol. The highest BCUT2D eigenvalue weighted by atomic mass is 16.5. The summed E-state index contributed by atoms with van der Waals surface area (Å²) in [7, 11) is 0. The standard InChI is InChI=1S/C9H15NO4/c1-5(2)3-6(4-10)7(8(11)12)9(13)14/h5H,3-4,10H2,1-2H3,(H,11,12)(H,13,14)/i4+1,7+1,8+1,9+1. The van der Waals surface area contributed by atoms with Gasteiger partial charge in [0.05, 0.1) is 0 Å². The third kappa shape index (κ3) is 3.57. The maximum absolute atomic E-state index is 10.6. The highest BCUT2D eigenvalue weighted by Crippen LogP contribution is 2.14. The number of carboxylic acid groups (broad SMARTS) is 2. The lowest BCUT2D eigenvalue weighted by Gasteiger charge is -2.09. The van der Waals surface area contributed by atoms with Crippen LogP contribution in [0.3, 0.4) is 0 Å². The third-order valence-corrected chi connectivity index (χ3v) is 1.68. The van der Waals surface area contributed by atoms with E-state index in [0.717, 1.165) is 0 Å². The van der Waals surface area contributed by atoms with E-state index in [-0.39, 0.29) is 18.0 Å². The lowest BCUT2D eigenvalue weighted by Crippen LogP contribution is -2.19. The summed E-state index contributed by atoms with van der Waals surface area (Å²) in [6.07, 6.45) is 0.393. The molecule has 0 fully saturated rings. The van der Waals surface area contributed by atoms with E-state index in [2.05, 4.69) is 0 Å². The quantitative estimate of drug-likeness (QED) is 0.262. The van der Waals surface area contributed by atoms with Crippen molar-refractivity contribution in [3.05, 3.63) is 11.1 Å². The van der Waals surface area contributed by atoms with Crippen LogP contribution in [0.15, 0.2) is 11.1 Å². The molecule has 0 rings (SSSR count). The molecular formula is C9H15NO4. The van der Waals surface area contributed by atoms with E-state index in [1.165, 1.54) is 0 Å². The van der Waals surface area contributed by atoms with Crippen molar-refractivity contribution in [2.24, 2.45) is 11.7 Å². The highest BCUT2D eigenvalue weighted by Gasteiger charge is 2.21. The van der Waals surface area contributed by atoms with Crippen LogP contribution in [0.2, 0.25) is 0 Å². The molecule has 0 aromatic carbocycles. The van der Waals surface area contributed by atoms with Crippen LogP contribution in [0.25, 0.3) is 0 Å². The second kappa shape index (κ2) is 5.39. The number of carboxylic acids is 2. The maximum atomic E-state index is 10.6. The van der Waals surface area contributed by atoms with E-state index in [9.17, 15) is 9.59 Å². The predicted octanol–water partition coefficient (Wildman–Crippen LogP) is 0.457. The fraction of sp³-hybridized carbons (Fsp3) is 0.556. The Morgan fingerprint density at radius 3 is 1.86 bits per heavy atom. The van der Waals surface area contributed by atoms with Gasteiger partial charge in [-0.25, -0.2) is 9.59 Å². The molecule has 0 heterocycles.